The van der Waals surface area contributed by atoms with Crippen LogP contribution in [0.15, 0.2) is 23.1 Å². The van der Waals surface area contributed by atoms with Gasteiger partial charge in [-0.05, 0) is 43.9 Å². The van der Waals surface area contributed by atoms with Crippen molar-refractivity contribution in [3.63, 3.8) is 0 Å². The molecule has 0 aromatic heterocycles. The minimum atomic E-state index is -4.34. The highest BCUT2D eigenvalue weighted by atomic mass is 32.2. The monoisotopic (exact) mass is 319 g/mol. The van der Waals surface area contributed by atoms with Crippen LogP contribution in [0.25, 0.3) is 0 Å². The van der Waals surface area contributed by atoms with Crippen molar-refractivity contribution in [2.24, 2.45) is 5.73 Å². The Bertz CT molecular complexity index is 470. The summed E-state index contributed by atoms with van der Waals surface area (Å²) in [7, 11) is 0. The molecule has 2 rings (SSSR count). The van der Waals surface area contributed by atoms with Gasteiger partial charge in [0.2, 0.25) is 0 Å². The number of alkyl halides is 3. The van der Waals surface area contributed by atoms with E-state index in [1.165, 1.54) is 17.8 Å². The van der Waals surface area contributed by atoms with Crippen molar-refractivity contribution in [1.29, 1.82) is 0 Å². The molecule has 0 radical (unpaired) electrons. The van der Waals surface area contributed by atoms with E-state index in [4.69, 9.17) is 10.5 Å². The maximum Gasteiger partial charge on any atom is 0.416 e. The lowest BCUT2D eigenvalue weighted by Gasteiger charge is -2.22. The van der Waals surface area contributed by atoms with Crippen LogP contribution in [0.3, 0.4) is 0 Å². The zero-order valence-corrected chi connectivity index (χ0v) is 12.8. The van der Waals surface area contributed by atoms with Crippen molar-refractivity contribution < 1.29 is 17.9 Å². The van der Waals surface area contributed by atoms with Gasteiger partial charge in [0, 0.05) is 29.4 Å². The summed E-state index contributed by atoms with van der Waals surface area (Å²) in [5.74, 6) is 0. The maximum absolute atomic E-state index is 13.2. The van der Waals surface area contributed by atoms with E-state index in [2.05, 4.69) is 0 Å². The van der Waals surface area contributed by atoms with Crippen molar-refractivity contribution in [2.45, 2.75) is 48.5 Å². The summed E-state index contributed by atoms with van der Waals surface area (Å²) in [5, 5.41) is 0.333. The highest BCUT2D eigenvalue weighted by molar-refractivity contribution is 8.00. The van der Waals surface area contributed by atoms with Crippen molar-refractivity contribution in [3.05, 3.63) is 29.3 Å². The van der Waals surface area contributed by atoms with Crippen molar-refractivity contribution >= 4 is 11.8 Å². The molecule has 21 heavy (non-hydrogen) atoms. The molecule has 1 heterocycles. The molecule has 1 aliphatic heterocycles. The molecule has 0 amide bonds. The molecule has 0 spiro atoms. The third-order valence-electron chi connectivity index (χ3n) is 3.40. The van der Waals surface area contributed by atoms with Gasteiger partial charge in [-0.2, -0.15) is 13.2 Å². The van der Waals surface area contributed by atoms with Gasteiger partial charge in [0.25, 0.3) is 0 Å². The average Bonchev–Trinajstić information content (AvgIpc) is 2.40. The Kier molecular flexibility index (Phi) is 5.57. The predicted molar refractivity (Wildman–Crippen MR) is 78.5 cm³/mol. The van der Waals surface area contributed by atoms with Crippen LogP contribution in [-0.2, 0) is 17.3 Å². The first-order valence-electron chi connectivity index (χ1n) is 7.06. The van der Waals surface area contributed by atoms with Crippen LogP contribution in [0.5, 0.6) is 0 Å². The van der Waals surface area contributed by atoms with Gasteiger partial charge < -0.3 is 10.5 Å². The van der Waals surface area contributed by atoms with Crippen molar-refractivity contribution in [2.75, 3.05) is 13.2 Å². The zero-order chi connectivity index (χ0) is 15.5. The number of nitrogens with two attached hydrogens (primary N) is 1. The van der Waals surface area contributed by atoms with Crippen LogP contribution in [0.2, 0.25) is 0 Å². The summed E-state index contributed by atoms with van der Waals surface area (Å²) in [4.78, 5) is 0.669. The van der Waals surface area contributed by atoms with E-state index in [1.807, 2.05) is 0 Å². The SMILES string of the molecule is CC(N)Cc1ccc(SC2CCOCC2)cc1C(F)(F)F. The first kappa shape index (κ1) is 16.6. The van der Waals surface area contributed by atoms with Gasteiger partial charge in [0.15, 0.2) is 0 Å². The smallest absolute Gasteiger partial charge is 0.381 e. The van der Waals surface area contributed by atoms with Gasteiger partial charge in [-0.1, -0.05) is 6.07 Å². The van der Waals surface area contributed by atoms with Gasteiger partial charge in [-0.15, -0.1) is 11.8 Å². The molecular weight excluding hydrogens is 299 g/mol. The van der Waals surface area contributed by atoms with E-state index in [1.54, 1.807) is 19.1 Å². The molecule has 118 valence electrons. The van der Waals surface area contributed by atoms with Crippen molar-refractivity contribution in [3.8, 4) is 0 Å². The fraction of sp³-hybridized carbons (Fsp3) is 0.600. The van der Waals surface area contributed by atoms with Crippen LogP contribution < -0.4 is 5.73 Å². The predicted octanol–water partition coefficient (Wildman–Crippen LogP) is 3.87. The highest BCUT2D eigenvalue weighted by Gasteiger charge is 2.33. The number of benzene rings is 1. The quantitative estimate of drug-likeness (QED) is 0.915. The highest BCUT2D eigenvalue weighted by Crippen LogP contribution is 2.37. The summed E-state index contributed by atoms with van der Waals surface area (Å²) < 4.78 is 44.8. The largest absolute Gasteiger partial charge is 0.416 e. The Morgan fingerprint density at radius 1 is 1.33 bits per heavy atom. The molecular formula is C15H20F3NOS. The van der Waals surface area contributed by atoms with E-state index in [9.17, 15) is 13.2 Å². The molecule has 1 fully saturated rings. The molecule has 0 saturated carbocycles. The second-order valence-electron chi connectivity index (χ2n) is 5.43. The molecule has 1 aromatic rings. The number of hydrogen-bond acceptors (Lipinski definition) is 3. The second-order valence-corrected chi connectivity index (χ2v) is 6.80. The molecule has 1 aromatic carbocycles. The molecule has 2 nitrogen and oxygen atoms in total. The van der Waals surface area contributed by atoms with Gasteiger partial charge in [-0.25, -0.2) is 0 Å². The Hall–Kier alpha value is -0.720. The number of thioether (sulfide) groups is 1. The number of ether oxygens (including phenoxy) is 1. The average molecular weight is 319 g/mol. The topological polar surface area (TPSA) is 35.2 Å². The molecule has 0 aliphatic carbocycles. The normalized spacial score (nSPS) is 18.7. The summed E-state index contributed by atoms with van der Waals surface area (Å²) in [6.07, 6.45) is -2.34. The minimum Gasteiger partial charge on any atom is -0.381 e. The van der Waals surface area contributed by atoms with Gasteiger partial charge in [0.1, 0.15) is 0 Å². The molecule has 0 bridgehead atoms. The lowest BCUT2D eigenvalue weighted by Crippen LogP contribution is -2.21. The van der Waals surface area contributed by atoms with E-state index in [-0.39, 0.29) is 18.0 Å². The number of rotatable bonds is 4. The third-order valence-corrected chi connectivity index (χ3v) is 4.73. The molecule has 1 atom stereocenters. The molecule has 1 aliphatic rings. The summed E-state index contributed by atoms with van der Waals surface area (Å²) >= 11 is 1.51. The first-order valence-corrected chi connectivity index (χ1v) is 7.94. The van der Waals surface area contributed by atoms with Gasteiger partial charge in [-0.3, -0.25) is 0 Å². The lowest BCUT2D eigenvalue weighted by atomic mass is 10.0. The maximum atomic E-state index is 13.2. The van der Waals surface area contributed by atoms with E-state index >= 15 is 0 Å². The fourth-order valence-electron chi connectivity index (χ4n) is 2.40. The summed E-state index contributed by atoms with van der Waals surface area (Å²) in [6, 6.07) is 4.30. The van der Waals surface area contributed by atoms with E-state index < -0.39 is 11.7 Å². The molecule has 1 saturated heterocycles. The van der Waals surface area contributed by atoms with Crippen LogP contribution in [0.4, 0.5) is 13.2 Å². The van der Waals surface area contributed by atoms with E-state index in [0.717, 1.165) is 12.8 Å². The number of halogens is 3. The Balaban J connectivity index is 2.19. The zero-order valence-electron chi connectivity index (χ0n) is 12.0. The van der Waals surface area contributed by atoms with Gasteiger partial charge >= 0.3 is 6.18 Å². The Morgan fingerprint density at radius 2 is 2.00 bits per heavy atom. The number of hydrogen-bond donors (Lipinski definition) is 1. The van der Waals surface area contributed by atoms with Crippen LogP contribution in [0.1, 0.15) is 30.9 Å². The summed E-state index contributed by atoms with van der Waals surface area (Å²) in [6.45, 7) is 3.09. The Labute approximate surface area is 127 Å². The van der Waals surface area contributed by atoms with Crippen molar-refractivity contribution in [1.82, 2.24) is 0 Å². The lowest BCUT2D eigenvalue weighted by molar-refractivity contribution is -0.138. The summed E-state index contributed by atoms with van der Waals surface area (Å²) in [5.41, 5.74) is 5.35. The molecule has 2 N–H and O–H groups in total. The van der Waals surface area contributed by atoms with Crippen LogP contribution in [0, 0.1) is 0 Å². The first-order chi connectivity index (χ1) is 9.86. The van der Waals surface area contributed by atoms with Crippen LogP contribution >= 0.6 is 11.8 Å². The second kappa shape index (κ2) is 7.03. The Morgan fingerprint density at radius 3 is 2.57 bits per heavy atom. The minimum absolute atomic E-state index is 0.233. The van der Waals surface area contributed by atoms with Crippen LogP contribution in [-0.4, -0.2) is 24.5 Å². The fourth-order valence-corrected chi connectivity index (χ4v) is 3.55. The standard InChI is InChI=1S/C15H20F3NOS/c1-10(19)8-11-2-3-13(9-14(11)15(16,17)18)21-12-4-6-20-7-5-12/h2-3,9-10,12H,4-8,19H2,1H3. The van der Waals surface area contributed by atoms with Gasteiger partial charge in [0.05, 0.1) is 5.56 Å². The van der Waals surface area contributed by atoms with E-state index in [0.29, 0.717) is 23.4 Å². The molecule has 1 unspecified atom stereocenters. The third kappa shape index (κ3) is 4.90. The molecule has 6 heteroatoms.